The van der Waals surface area contributed by atoms with Gasteiger partial charge in [-0.2, -0.15) is 0 Å². The van der Waals surface area contributed by atoms with E-state index in [1.54, 1.807) is 25.7 Å². The number of hydrogen-bond donors (Lipinski definition) is 4. The quantitative estimate of drug-likeness (QED) is 0.238. The van der Waals surface area contributed by atoms with Crippen LogP contribution in [0.15, 0.2) is 30.3 Å². The number of ether oxygens (including phenoxy) is 1. The first-order valence-electron chi connectivity index (χ1n) is 16.9. The van der Waals surface area contributed by atoms with E-state index in [2.05, 4.69) is 35.1 Å². The molecule has 2 saturated carbocycles. The van der Waals surface area contributed by atoms with Gasteiger partial charge in [0.25, 0.3) is 5.91 Å². The van der Waals surface area contributed by atoms with E-state index in [0.29, 0.717) is 13.0 Å². The molecule has 1 aromatic carbocycles. The molecule has 2 aliphatic carbocycles. The number of nitrogens with zero attached hydrogens (tertiary/aromatic N) is 1. The van der Waals surface area contributed by atoms with Crippen LogP contribution in [-0.2, 0) is 35.3 Å². The topological polar surface area (TPSA) is 163 Å². The number of Topliss-reactive ketones (excluding diaryl/α,β-unsaturated/α-hetero) is 1. The highest BCUT2D eigenvalue weighted by atomic mass is 16.6. The van der Waals surface area contributed by atoms with Crippen LogP contribution in [0.25, 0.3) is 0 Å². The number of carbonyl (C=O) groups excluding carboxylic acids is 6. The third kappa shape index (κ3) is 8.90. The largest absolute Gasteiger partial charge is 0.444 e. The van der Waals surface area contributed by atoms with Crippen LogP contribution in [0.2, 0.25) is 0 Å². The zero-order valence-corrected chi connectivity index (χ0v) is 28.5. The van der Waals surface area contributed by atoms with E-state index in [1.807, 2.05) is 37.3 Å². The van der Waals surface area contributed by atoms with Gasteiger partial charge in [0, 0.05) is 13.1 Å². The van der Waals surface area contributed by atoms with Crippen molar-refractivity contribution in [3.63, 3.8) is 0 Å². The predicted octanol–water partition coefficient (Wildman–Crippen LogP) is 2.84. The maximum absolute atomic E-state index is 14.2. The Hall–Kier alpha value is -3.96. The standard InChI is InChI=1S/C35H51N5O7/c1-7-13-24(29(42)31(44)37-19-25(41)36-18-21-14-9-8-10-15-21)38-30(43)28-26-23(35(26,5)6)20-40(28)32(45)27(22-16-11-12-17-22)39-33(46)47-34(2,3)4/h8-10,14-15,22-24,26-28H,7,11-13,16-20H2,1-6H3,(H,36,41)(H,37,44)(H,38,43)(H,39,46)/t23?,24?,26?,27?,28-/m0/s1. The lowest BCUT2D eigenvalue weighted by Gasteiger charge is -2.35. The highest BCUT2D eigenvalue weighted by molar-refractivity contribution is 6.38. The molecule has 258 valence electrons. The van der Waals surface area contributed by atoms with Gasteiger partial charge in [0.15, 0.2) is 0 Å². The highest BCUT2D eigenvalue weighted by Crippen LogP contribution is 2.65. The lowest BCUT2D eigenvalue weighted by molar-refractivity contribution is -0.145. The van der Waals surface area contributed by atoms with E-state index in [9.17, 15) is 28.8 Å². The number of alkyl carbamates (subject to hydrolysis) is 1. The minimum atomic E-state index is -1.12. The minimum Gasteiger partial charge on any atom is -0.444 e. The van der Waals surface area contributed by atoms with E-state index in [4.69, 9.17) is 4.74 Å². The van der Waals surface area contributed by atoms with Crippen molar-refractivity contribution in [1.29, 1.82) is 0 Å². The second kappa shape index (κ2) is 14.9. The lowest BCUT2D eigenvalue weighted by atomic mass is 9.94. The second-order valence-corrected chi connectivity index (χ2v) is 14.7. The molecule has 12 nitrogen and oxygen atoms in total. The van der Waals surface area contributed by atoms with Crippen LogP contribution in [0.5, 0.6) is 0 Å². The Balaban J connectivity index is 1.42. The first-order valence-corrected chi connectivity index (χ1v) is 16.9. The van der Waals surface area contributed by atoms with Crippen molar-refractivity contribution in [2.75, 3.05) is 13.1 Å². The molecule has 1 aliphatic heterocycles. The first kappa shape index (κ1) is 35.9. The molecule has 5 amide bonds. The number of amides is 5. The van der Waals surface area contributed by atoms with Gasteiger partial charge >= 0.3 is 6.09 Å². The fraction of sp³-hybridized carbons (Fsp3) is 0.657. The van der Waals surface area contributed by atoms with Gasteiger partial charge in [-0.1, -0.05) is 70.4 Å². The van der Waals surface area contributed by atoms with Gasteiger partial charge in [0.2, 0.25) is 23.5 Å². The van der Waals surface area contributed by atoms with Gasteiger partial charge in [-0.3, -0.25) is 24.0 Å². The maximum Gasteiger partial charge on any atom is 0.408 e. The molecule has 0 radical (unpaired) electrons. The Kier molecular flexibility index (Phi) is 11.3. The van der Waals surface area contributed by atoms with Crippen LogP contribution in [0, 0.1) is 23.2 Å². The van der Waals surface area contributed by atoms with E-state index in [1.165, 1.54) is 0 Å². The third-order valence-electron chi connectivity index (χ3n) is 9.75. The molecule has 47 heavy (non-hydrogen) atoms. The summed E-state index contributed by atoms with van der Waals surface area (Å²) in [6, 6.07) is 6.47. The Bertz CT molecular complexity index is 1340. The molecule has 3 aliphatic rings. The molecule has 0 spiro atoms. The SMILES string of the molecule is CCCC(NC(=O)[C@@H]1C2C(CN1C(=O)C(NC(=O)OC(C)(C)C)C1CCCC1)C2(C)C)C(=O)C(=O)NCC(=O)NCc1ccccc1. The number of carbonyl (C=O) groups is 6. The molecule has 4 rings (SSSR count). The van der Waals surface area contributed by atoms with Crippen LogP contribution in [0.4, 0.5) is 4.79 Å². The number of benzene rings is 1. The fourth-order valence-corrected chi connectivity index (χ4v) is 7.18. The van der Waals surface area contributed by atoms with E-state index < -0.39 is 53.3 Å². The molecule has 3 fully saturated rings. The predicted molar refractivity (Wildman–Crippen MR) is 175 cm³/mol. The summed E-state index contributed by atoms with van der Waals surface area (Å²) < 4.78 is 5.47. The molecule has 4 unspecified atom stereocenters. The first-order chi connectivity index (χ1) is 22.1. The van der Waals surface area contributed by atoms with Crippen molar-refractivity contribution in [3.8, 4) is 0 Å². The zero-order chi connectivity index (χ0) is 34.5. The summed E-state index contributed by atoms with van der Waals surface area (Å²) in [6.07, 6.45) is 3.50. The number of ketones is 1. The Morgan fingerprint density at radius 2 is 1.64 bits per heavy atom. The van der Waals surface area contributed by atoms with Gasteiger partial charge in [-0.15, -0.1) is 0 Å². The normalized spacial score (nSPS) is 22.8. The van der Waals surface area contributed by atoms with Crippen molar-refractivity contribution < 1.29 is 33.5 Å². The minimum absolute atomic E-state index is 0.0772. The van der Waals surface area contributed by atoms with Gasteiger partial charge in [-0.25, -0.2) is 4.79 Å². The van der Waals surface area contributed by atoms with E-state index >= 15 is 0 Å². The van der Waals surface area contributed by atoms with E-state index in [-0.39, 0.29) is 48.6 Å². The van der Waals surface area contributed by atoms with Crippen molar-refractivity contribution in [3.05, 3.63) is 35.9 Å². The van der Waals surface area contributed by atoms with Crippen LogP contribution < -0.4 is 21.3 Å². The lowest BCUT2D eigenvalue weighted by Crippen LogP contribution is -2.59. The maximum atomic E-state index is 14.2. The summed E-state index contributed by atoms with van der Waals surface area (Å²) in [7, 11) is 0. The Morgan fingerprint density at radius 3 is 2.26 bits per heavy atom. The summed E-state index contributed by atoms with van der Waals surface area (Å²) in [5.41, 5.74) is -0.0342. The molecule has 4 N–H and O–H groups in total. The van der Waals surface area contributed by atoms with Gasteiger partial charge < -0.3 is 30.9 Å². The summed E-state index contributed by atoms with van der Waals surface area (Å²) >= 11 is 0. The molecule has 0 aromatic heterocycles. The average molecular weight is 654 g/mol. The smallest absolute Gasteiger partial charge is 0.408 e. The molecule has 1 aromatic rings. The van der Waals surface area contributed by atoms with Crippen LogP contribution in [-0.4, -0.2) is 77.2 Å². The number of hydrogen-bond acceptors (Lipinski definition) is 7. The monoisotopic (exact) mass is 653 g/mol. The van der Waals surface area contributed by atoms with Crippen molar-refractivity contribution >= 4 is 35.5 Å². The van der Waals surface area contributed by atoms with Gasteiger partial charge in [-0.05, 0) is 68.8 Å². The summed E-state index contributed by atoms with van der Waals surface area (Å²) in [5.74, 6) is -3.22. The second-order valence-electron chi connectivity index (χ2n) is 14.7. The fourth-order valence-electron chi connectivity index (χ4n) is 7.18. The number of nitrogens with one attached hydrogen (secondary N) is 4. The van der Waals surface area contributed by atoms with Gasteiger partial charge in [0.1, 0.15) is 17.7 Å². The summed E-state index contributed by atoms with van der Waals surface area (Å²) in [5, 5.41) is 10.7. The number of rotatable bonds is 13. The van der Waals surface area contributed by atoms with Crippen molar-refractivity contribution in [2.24, 2.45) is 23.2 Å². The molecule has 0 bridgehead atoms. The molecular formula is C35H51N5O7. The van der Waals surface area contributed by atoms with Crippen molar-refractivity contribution in [1.82, 2.24) is 26.2 Å². The third-order valence-corrected chi connectivity index (χ3v) is 9.75. The summed E-state index contributed by atoms with van der Waals surface area (Å²) in [4.78, 5) is 80.9. The number of fused-ring (bicyclic) bond motifs is 1. The molecular weight excluding hydrogens is 602 g/mol. The molecule has 1 saturated heterocycles. The molecule has 5 atom stereocenters. The highest BCUT2D eigenvalue weighted by Gasteiger charge is 2.69. The van der Waals surface area contributed by atoms with Gasteiger partial charge in [0.05, 0.1) is 12.6 Å². The number of piperidine rings is 1. The molecule has 12 heteroatoms. The zero-order valence-electron chi connectivity index (χ0n) is 28.5. The molecule has 1 heterocycles. The van der Waals surface area contributed by atoms with E-state index in [0.717, 1.165) is 31.2 Å². The average Bonchev–Trinajstić information content (AvgIpc) is 3.45. The Morgan fingerprint density at radius 1 is 0.979 bits per heavy atom. The summed E-state index contributed by atoms with van der Waals surface area (Å²) in [6.45, 7) is 11.5. The number of likely N-dealkylation sites (tertiary alicyclic amines) is 1. The van der Waals surface area contributed by atoms with Crippen LogP contribution >= 0.6 is 0 Å². The van der Waals surface area contributed by atoms with Crippen LogP contribution in [0.1, 0.15) is 85.6 Å². The van der Waals surface area contributed by atoms with Crippen LogP contribution in [0.3, 0.4) is 0 Å². The Labute approximate surface area is 277 Å². The van der Waals surface area contributed by atoms with Crippen molar-refractivity contribution in [2.45, 2.75) is 110 Å².